The van der Waals surface area contributed by atoms with E-state index in [4.69, 9.17) is 32.7 Å². The van der Waals surface area contributed by atoms with Gasteiger partial charge in [0.1, 0.15) is 6.20 Å². The second-order valence-corrected chi connectivity index (χ2v) is 8.90. The first-order valence-electron chi connectivity index (χ1n) is 9.91. The average molecular weight is 532 g/mol. The first-order chi connectivity index (χ1) is 16.8. The van der Waals surface area contributed by atoms with Gasteiger partial charge in [0.25, 0.3) is 16.8 Å². The zero-order valence-corrected chi connectivity index (χ0v) is 20.3. The lowest BCUT2D eigenvalue weighted by atomic mass is 10.1. The molecule has 0 radical (unpaired) electrons. The van der Waals surface area contributed by atoms with Crippen LogP contribution in [0.1, 0.15) is 11.1 Å². The number of carbonyl (C=O) groups excluding carboxylic acids is 2. The molecule has 1 fully saturated rings. The Bertz CT molecular complexity index is 1340. The fourth-order valence-corrected chi connectivity index (χ4v) is 4.50. The summed E-state index contributed by atoms with van der Waals surface area (Å²) in [5.74, 6) is 0.319. The molecule has 1 aliphatic rings. The van der Waals surface area contributed by atoms with E-state index in [0.29, 0.717) is 32.7 Å². The predicted molar refractivity (Wildman–Crippen MR) is 132 cm³/mol. The number of aromatic nitrogens is 1. The number of rotatable bonds is 7. The maximum atomic E-state index is 12.9. The molecule has 1 aromatic heterocycles. The van der Waals surface area contributed by atoms with Gasteiger partial charge in [-0.05, 0) is 47.7 Å². The van der Waals surface area contributed by atoms with Crippen LogP contribution < -0.4 is 9.47 Å². The standard InChI is InChI=1S/C23H15Cl2N3O6S/c1-33-19-9-13(5-7-18(19)34-21-8-6-14(11-26-21)28(31)32)10-20-22(29)27(23(30)35-20)12-15-16(24)3-2-4-17(15)25/h2-11H,12H2,1H3/b20-10-. The highest BCUT2D eigenvalue weighted by Crippen LogP contribution is 2.37. The molecule has 0 unspecified atom stereocenters. The van der Waals surface area contributed by atoms with E-state index in [1.807, 2.05) is 0 Å². The molecule has 4 rings (SSSR count). The van der Waals surface area contributed by atoms with Gasteiger partial charge in [0.15, 0.2) is 11.5 Å². The molecule has 0 N–H and O–H groups in total. The summed E-state index contributed by atoms with van der Waals surface area (Å²) in [6.45, 7) is -0.0428. The summed E-state index contributed by atoms with van der Waals surface area (Å²) in [6, 6.07) is 12.5. The molecule has 0 saturated carbocycles. The first-order valence-corrected chi connectivity index (χ1v) is 11.5. The minimum Gasteiger partial charge on any atom is -0.493 e. The Morgan fingerprint density at radius 2 is 1.86 bits per heavy atom. The van der Waals surface area contributed by atoms with Crippen molar-refractivity contribution in [3.63, 3.8) is 0 Å². The fourth-order valence-electron chi connectivity index (χ4n) is 3.14. The van der Waals surface area contributed by atoms with Gasteiger partial charge in [-0.1, -0.05) is 35.3 Å². The van der Waals surface area contributed by atoms with Crippen LogP contribution in [-0.2, 0) is 11.3 Å². The maximum absolute atomic E-state index is 12.9. The van der Waals surface area contributed by atoms with Crippen LogP contribution in [0.15, 0.2) is 59.6 Å². The minimum absolute atomic E-state index is 0.0428. The van der Waals surface area contributed by atoms with Gasteiger partial charge in [-0.3, -0.25) is 24.6 Å². The molecule has 2 heterocycles. The molecular weight excluding hydrogens is 517 g/mol. The molecule has 0 atom stereocenters. The lowest BCUT2D eigenvalue weighted by Crippen LogP contribution is -2.27. The molecule has 2 amide bonds. The van der Waals surface area contributed by atoms with Gasteiger partial charge in [0.2, 0.25) is 5.88 Å². The molecule has 178 valence electrons. The van der Waals surface area contributed by atoms with Crippen LogP contribution in [0.3, 0.4) is 0 Å². The average Bonchev–Trinajstić information content (AvgIpc) is 3.09. The van der Waals surface area contributed by atoms with Gasteiger partial charge in [0.05, 0.1) is 23.5 Å². The van der Waals surface area contributed by atoms with Crippen molar-refractivity contribution < 1.29 is 24.0 Å². The Hall–Kier alpha value is -3.60. The van der Waals surface area contributed by atoms with Crippen molar-refractivity contribution in [3.8, 4) is 17.4 Å². The summed E-state index contributed by atoms with van der Waals surface area (Å²) in [4.78, 5) is 40.8. The van der Waals surface area contributed by atoms with Crippen molar-refractivity contribution in [2.75, 3.05) is 7.11 Å². The molecule has 9 nitrogen and oxygen atoms in total. The van der Waals surface area contributed by atoms with Crippen LogP contribution in [0.25, 0.3) is 6.08 Å². The van der Waals surface area contributed by atoms with Crippen molar-refractivity contribution in [1.82, 2.24) is 9.88 Å². The van der Waals surface area contributed by atoms with Gasteiger partial charge in [-0.25, -0.2) is 4.98 Å². The molecule has 12 heteroatoms. The highest BCUT2D eigenvalue weighted by Gasteiger charge is 2.35. The molecule has 0 spiro atoms. The summed E-state index contributed by atoms with van der Waals surface area (Å²) >= 11 is 13.2. The van der Waals surface area contributed by atoms with E-state index in [1.54, 1.807) is 42.5 Å². The van der Waals surface area contributed by atoms with Crippen LogP contribution in [0, 0.1) is 10.1 Å². The summed E-state index contributed by atoms with van der Waals surface area (Å²) in [5, 5.41) is 11.1. The summed E-state index contributed by atoms with van der Waals surface area (Å²) in [6.07, 6.45) is 2.65. The number of amides is 2. The number of benzene rings is 2. The van der Waals surface area contributed by atoms with E-state index in [-0.39, 0.29) is 23.0 Å². The van der Waals surface area contributed by atoms with Crippen LogP contribution in [0.2, 0.25) is 10.0 Å². The van der Waals surface area contributed by atoms with E-state index in [9.17, 15) is 19.7 Å². The third kappa shape index (κ3) is 5.40. The summed E-state index contributed by atoms with van der Waals surface area (Å²) < 4.78 is 11.0. The molecular formula is C23H15Cl2N3O6S. The quantitative estimate of drug-likeness (QED) is 0.197. The lowest BCUT2D eigenvalue weighted by molar-refractivity contribution is -0.385. The Morgan fingerprint density at radius 3 is 2.49 bits per heavy atom. The number of hydrogen-bond donors (Lipinski definition) is 0. The number of nitrogens with zero attached hydrogens (tertiary/aromatic N) is 3. The van der Waals surface area contributed by atoms with Gasteiger partial charge in [0, 0.05) is 27.7 Å². The molecule has 35 heavy (non-hydrogen) atoms. The van der Waals surface area contributed by atoms with E-state index < -0.39 is 16.1 Å². The molecule has 2 aromatic carbocycles. The van der Waals surface area contributed by atoms with Gasteiger partial charge < -0.3 is 9.47 Å². The van der Waals surface area contributed by atoms with Crippen molar-refractivity contribution >= 4 is 57.9 Å². The third-order valence-electron chi connectivity index (χ3n) is 4.88. The Kier molecular flexibility index (Phi) is 7.25. The summed E-state index contributed by atoms with van der Waals surface area (Å²) in [5.41, 5.74) is 0.917. The SMILES string of the molecule is COc1cc(/C=C2\SC(=O)N(Cc3c(Cl)cccc3Cl)C2=O)ccc1Oc1ccc([N+](=O)[O-])cn1. The molecule has 0 aliphatic carbocycles. The number of pyridine rings is 1. The molecule has 3 aromatic rings. The lowest BCUT2D eigenvalue weighted by Gasteiger charge is -2.14. The van der Waals surface area contributed by atoms with Crippen molar-refractivity contribution in [3.05, 3.63) is 90.9 Å². The van der Waals surface area contributed by atoms with Crippen LogP contribution in [0.5, 0.6) is 17.4 Å². The zero-order valence-electron chi connectivity index (χ0n) is 17.9. The number of thioether (sulfide) groups is 1. The molecule has 1 saturated heterocycles. The summed E-state index contributed by atoms with van der Waals surface area (Å²) in [7, 11) is 1.44. The number of nitro groups is 1. The monoisotopic (exact) mass is 531 g/mol. The normalized spacial score (nSPS) is 14.5. The van der Waals surface area contributed by atoms with E-state index >= 15 is 0 Å². The number of halogens is 2. The maximum Gasteiger partial charge on any atom is 0.293 e. The van der Waals surface area contributed by atoms with Gasteiger partial charge in [-0.2, -0.15) is 0 Å². The van der Waals surface area contributed by atoms with E-state index in [2.05, 4.69) is 4.98 Å². The Balaban J connectivity index is 1.53. The predicted octanol–water partition coefficient (Wildman–Crippen LogP) is 6.33. The van der Waals surface area contributed by atoms with Gasteiger partial charge in [-0.15, -0.1) is 0 Å². The Labute approximate surface area is 213 Å². The van der Waals surface area contributed by atoms with Crippen LogP contribution >= 0.6 is 35.0 Å². The third-order valence-corrected chi connectivity index (χ3v) is 6.50. The van der Waals surface area contributed by atoms with Crippen molar-refractivity contribution in [2.45, 2.75) is 6.54 Å². The Morgan fingerprint density at radius 1 is 1.11 bits per heavy atom. The second kappa shape index (κ2) is 10.3. The zero-order chi connectivity index (χ0) is 25.1. The number of ether oxygens (including phenoxy) is 2. The number of carbonyl (C=O) groups is 2. The number of imide groups is 1. The largest absolute Gasteiger partial charge is 0.493 e. The molecule has 1 aliphatic heterocycles. The minimum atomic E-state index is -0.559. The first kappa shape index (κ1) is 24.5. The van der Waals surface area contributed by atoms with E-state index in [1.165, 1.54) is 19.2 Å². The fraction of sp³-hybridized carbons (Fsp3) is 0.0870. The van der Waals surface area contributed by atoms with Crippen LogP contribution in [0.4, 0.5) is 10.5 Å². The molecule has 0 bridgehead atoms. The highest BCUT2D eigenvalue weighted by atomic mass is 35.5. The van der Waals surface area contributed by atoms with E-state index in [0.717, 1.165) is 22.9 Å². The smallest absolute Gasteiger partial charge is 0.293 e. The number of hydrogen-bond acceptors (Lipinski definition) is 8. The van der Waals surface area contributed by atoms with Crippen molar-refractivity contribution in [2.24, 2.45) is 0 Å². The van der Waals surface area contributed by atoms with Gasteiger partial charge >= 0.3 is 0 Å². The van der Waals surface area contributed by atoms with Crippen molar-refractivity contribution in [1.29, 1.82) is 0 Å². The number of methoxy groups -OCH3 is 1. The van der Waals surface area contributed by atoms with Crippen LogP contribution in [-0.4, -0.2) is 33.1 Å². The second-order valence-electron chi connectivity index (χ2n) is 7.09. The highest BCUT2D eigenvalue weighted by molar-refractivity contribution is 8.18. The topological polar surface area (TPSA) is 112 Å².